The largest absolute Gasteiger partial charge is 0.460 e. The van der Waals surface area contributed by atoms with Crippen LogP contribution in [0.5, 0.6) is 0 Å². The molecule has 0 bridgehead atoms. The second kappa shape index (κ2) is 9.44. The standard InChI is InChI=1S/C24H16F6N4O2/c1-2-36-22(35)21-33-18-12-13(19-17(24(28,29)30)4-3-11-31-19)5-10-16(18)20(34-21)32-15-8-6-14(7-9-15)23(25,26)27/h3-12H,2H2,1H3,(H,32,33,34). The second-order valence-electron chi connectivity index (χ2n) is 7.45. The van der Waals surface area contributed by atoms with E-state index in [1.165, 1.54) is 42.6 Å². The van der Waals surface area contributed by atoms with E-state index >= 15 is 0 Å². The molecule has 0 amide bonds. The number of alkyl halides is 6. The SMILES string of the molecule is CCOC(=O)c1nc(Nc2ccc(C(F)(F)F)cc2)c2ccc(-c3ncccc3C(F)(F)F)cc2n1. The lowest BCUT2D eigenvalue weighted by Crippen LogP contribution is -2.12. The maximum Gasteiger partial charge on any atom is 0.418 e. The van der Waals surface area contributed by atoms with E-state index in [2.05, 4.69) is 20.3 Å². The van der Waals surface area contributed by atoms with Gasteiger partial charge >= 0.3 is 18.3 Å². The number of hydrogen-bond donors (Lipinski definition) is 1. The summed E-state index contributed by atoms with van der Waals surface area (Å²) < 4.78 is 84.1. The zero-order chi connectivity index (χ0) is 26.1. The minimum absolute atomic E-state index is 0.0187. The Morgan fingerprint density at radius 3 is 2.31 bits per heavy atom. The number of pyridine rings is 1. The van der Waals surface area contributed by atoms with Crippen molar-refractivity contribution >= 4 is 28.4 Å². The average Bonchev–Trinajstić information content (AvgIpc) is 2.83. The van der Waals surface area contributed by atoms with Crippen molar-refractivity contribution in [1.82, 2.24) is 15.0 Å². The van der Waals surface area contributed by atoms with Crippen LogP contribution >= 0.6 is 0 Å². The Morgan fingerprint density at radius 2 is 1.67 bits per heavy atom. The van der Waals surface area contributed by atoms with Gasteiger partial charge in [-0.1, -0.05) is 6.07 Å². The Morgan fingerprint density at radius 1 is 0.944 bits per heavy atom. The predicted molar refractivity (Wildman–Crippen MR) is 118 cm³/mol. The molecule has 0 unspecified atom stereocenters. The second-order valence-corrected chi connectivity index (χ2v) is 7.45. The highest BCUT2D eigenvalue weighted by atomic mass is 19.4. The molecule has 0 aliphatic heterocycles. The highest BCUT2D eigenvalue weighted by Crippen LogP contribution is 2.37. The third-order valence-corrected chi connectivity index (χ3v) is 5.02. The van der Waals surface area contributed by atoms with Crippen molar-refractivity contribution in [1.29, 1.82) is 0 Å². The molecule has 4 rings (SSSR count). The number of ether oxygens (including phenoxy) is 1. The number of carbonyl (C=O) groups excluding carboxylic acids is 1. The number of fused-ring (bicyclic) bond motifs is 1. The van der Waals surface area contributed by atoms with Gasteiger partial charge in [0.2, 0.25) is 5.82 Å². The maximum atomic E-state index is 13.5. The van der Waals surface area contributed by atoms with Crippen molar-refractivity contribution in [3.8, 4) is 11.3 Å². The molecule has 2 aromatic carbocycles. The molecule has 186 valence electrons. The molecule has 0 saturated carbocycles. The summed E-state index contributed by atoms with van der Waals surface area (Å²) in [7, 11) is 0. The van der Waals surface area contributed by atoms with E-state index in [0.717, 1.165) is 18.2 Å². The molecular weight excluding hydrogens is 490 g/mol. The molecule has 0 saturated heterocycles. The van der Waals surface area contributed by atoms with E-state index in [9.17, 15) is 31.1 Å². The van der Waals surface area contributed by atoms with Crippen molar-refractivity contribution in [2.45, 2.75) is 19.3 Å². The van der Waals surface area contributed by atoms with Crippen LogP contribution in [0.4, 0.5) is 37.8 Å². The first-order valence-corrected chi connectivity index (χ1v) is 10.4. The summed E-state index contributed by atoms with van der Waals surface area (Å²) in [6.07, 6.45) is -7.96. The van der Waals surface area contributed by atoms with Gasteiger partial charge < -0.3 is 10.1 Å². The molecule has 0 atom stereocenters. The number of esters is 1. The van der Waals surface area contributed by atoms with Gasteiger partial charge in [-0.25, -0.2) is 14.8 Å². The normalized spacial score (nSPS) is 12.0. The van der Waals surface area contributed by atoms with Gasteiger partial charge in [-0.3, -0.25) is 4.98 Å². The molecule has 6 nitrogen and oxygen atoms in total. The Kier molecular flexibility index (Phi) is 6.53. The molecule has 0 fully saturated rings. The van der Waals surface area contributed by atoms with E-state index < -0.39 is 29.4 Å². The number of aromatic nitrogens is 3. The lowest BCUT2D eigenvalue weighted by molar-refractivity contribution is -0.138. The number of rotatable bonds is 5. The Balaban J connectivity index is 1.83. The van der Waals surface area contributed by atoms with Gasteiger partial charge in [0.25, 0.3) is 0 Å². The van der Waals surface area contributed by atoms with E-state index in [1.54, 1.807) is 6.92 Å². The van der Waals surface area contributed by atoms with E-state index in [0.29, 0.717) is 5.39 Å². The minimum atomic E-state index is -4.66. The van der Waals surface area contributed by atoms with Gasteiger partial charge in [0, 0.05) is 22.8 Å². The van der Waals surface area contributed by atoms with Gasteiger partial charge in [0.05, 0.1) is 28.9 Å². The monoisotopic (exact) mass is 506 g/mol. The highest BCUT2D eigenvalue weighted by Gasteiger charge is 2.34. The van der Waals surface area contributed by atoms with Gasteiger partial charge in [-0.2, -0.15) is 26.3 Å². The molecule has 0 aliphatic rings. The number of halogens is 6. The first kappa shape index (κ1) is 24.9. The topological polar surface area (TPSA) is 77.0 Å². The van der Waals surface area contributed by atoms with Crippen LogP contribution in [0.1, 0.15) is 28.7 Å². The summed E-state index contributed by atoms with van der Waals surface area (Å²) in [5.74, 6) is -1.21. The van der Waals surface area contributed by atoms with Gasteiger partial charge in [0.15, 0.2) is 0 Å². The number of nitrogens with one attached hydrogen (secondary N) is 1. The first-order chi connectivity index (χ1) is 17.0. The maximum absolute atomic E-state index is 13.5. The molecule has 2 heterocycles. The fourth-order valence-corrected chi connectivity index (χ4v) is 3.40. The molecule has 36 heavy (non-hydrogen) atoms. The third-order valence-electron chi connectivity index (χ3n) is 5.02. The number of nitrogens with zero attached hydrogens (tertiary/aromatic N) is 3. The van der Waals surface area contributed by atoms with Crippen LogP contribution < -0.4 is 5.32 Å². The zero-order valence-electron chi connectivity index (χ0n) is 18.4. The van der Waals surface area contributed by atoms with Crippen LogP contribution in [-0.4, -0.2) is 27.5 Å². The molecule has 1 N–H and O–H groups in total. The van der Waals surface area contributed by atoms with Crippen molar-refractivity contribution < 1.29 is 35.9 Å². The van der Waals surface area contributed by atoms with Gasteiger partial charge in [-0.15, -0.1) is 0 Å². The van der Waals surface area contributed by atoms with Crippen molar-refractivity contribution in [2.24, 2.45) is 0 Å². The summed E-state index contributed by atoms with van der Waals surface area (Å²) in [6, 6.07) is 10.3. The van der Waals surface area contributed by atoms with Gasteiger partial charge in [-0.05, 0) is 55.5 Å². The summed E-state index contributed by atoms with van der Waals surface area (Å²) in [6.45, 7) is 1.59. The number of benzene rings is 2. The molecule has 2 aromatic heterocycles. The fraction of sp³-hybridized carbons (Fsp3) is 0.167. The van der Waals surface area contributed by atoms with Crippen LogP contribution in [0.2, 0.25) is 0 Å². The van der Waals surface area contributed by atoms with Crippen molar-refractivity contribution in [3.05, 3.63) is 77.7 Å². The van der Waals surface area contributed by atoms with E-state index in [1.807, 2.05) is 0 Å². The van der Waals surface area contributed by atoms with Gasteiger partial charge in [0.1, 0.15) is 5.82 Å². The number of hydrogen-bond acceptors (Lipinski definition) is 6. The quantitative estimate of drug-likeness (QED) is 0.241. The Bertz CT molecular complexity index is 1420. The number of carbonyl (C=O) groups is 1. The summed E-state index contributed by atoms with van der Waals surface area (Å²) in [5.41, 5.74) is -1.73. The van der Waals surface area contributed by atoms with Crippen molar-refractivity contribution in [3.63, 3.8) is 0 Å². The lowest BCUT2D eigenvalue weighted by Gasteiger charge is -2.14. The van der Waals surface area contributed by atoms with Crippen LogP contribution in [0.25, 0.3) is 22.2 Å². The molecule has 4 aromatic rings. The zero-order valence-corrected chi connectivity index (χ0v) is 18.4. The summed E-state index contributed by atoms with van der Waals surface area (Å²) in [5, 5.41) is 3.14. The number of anilines is 2. The molecule has 0 radical (unpaired) electrons. The highest BCUT2D eigenvalue weighted by molar-refractivity contribution is 5.97. The van der Waals surface area contributed by atoms with Crippen LogP contribution in [-0.2, 0) is 17.1 Å². The average molecular weight is 506 g/mol. The Labute approximate surface area is 200 Å². The van der Waals surface area contributed by atoms with E-state index in [4.69, 9.17) is 4.74 Å². The van der Waals surface area contributed by atoms with Crippen LogP contribution in [0, 0.1) is 0 Å². The summed E-state index contributed by atoms with van der Waals surface area (Å²) >= 11 is 0. The summed E-state index contributed by atoms with van der Waals surface area (Å²) in [4.78, 5) is 24.5. The first-order valence-electron chi connectivity index (χ1n) is 10.4. The molecule has 0 spiro atoms. The van der Waals surface area contributed by atoms with E-state index in [-0.39, 0.29) is 40.7 Å². The van der Waals surface area contributed by atoms with Crippen LogP contribution in [0.3, 0.4) is 0 Å². The predicted octanol–water partition coefficient (Wildman–Crippen LogP) is 6.65. The minimum Gasteiger partial charge on any atom is -0.460 e. The molecule has 0 aliphatic carbocycles. The third kappa shape index (κ3) is 5.21. The van der Waals surface area contributed by atoms with Crippen LogP contribution in [0.15, 0.2) is 60.8 Å². The smallest absolute Gasteiger partial charge is 0.418 e. The fourth-order valence-electron chi connectivity index (χ4n) is 3.40. The molecular formula is C24H16F6N4O2. The molecule has 12 heteroatoms. The Hall–Kier alpha value is -4.22. The lowest BCUT2D eigenvalue weighted by atomic mass is 10.0. The van der Waals surface area contributed by atoms with Crippen molar-refractivity contribution in [2.75, 3.05) is 11.9 Å².